The zero-order valence-corrected chi connectivity index (χ0v) is 32.6. The second-order valence-electron chi connectivity index (χ2n) is 14.1. The summed E-state index contributed by atoms with van der Waals surface area (Å²) in [5, 5.41) is 2.24. The third-order valence-electron chi connectivity index (χ3n) is 10.3. The van der Waals surface area contributed by atoms with Gasteiger partial charge in [-0.2, -0.15) is 0 Å². The Morgan fingerprint density at radius 3 is 1.46 bits per heavy atom. The molecular formula is C54H39N5. The Bertz CT molecular complexity index is 2870. The zero-order chi connectivity index (χ0) is 40.0. The van der Waals surface area contributed by atoms with E-state index >= 15 is 0 Å². The summed E-state index contributed by atoms with van der Waals surface area (Å²) in [7, 11) is 0. The molecule has 0 aliphatic rings. The molecule has 0 amide bonds. The number of benzene rings is 7. The second kappa shape index (κ2) is 16.7. The first-order valence-electron chi connectivity index (χ1n) is 19.6. The summed E-state index contributed by atoms with van der Waals surface area (Å²) >= 11 is 0. The van der Waals surface area contributed by atoms with Crippen LogP contribution in [0.5, 0.6) is 0 Å². The first-order valence-corrected chi connectivity index (χ1v) is 19.6. The number of allylic oxidation sites excluding steroid dienone is 5. The average Bonchev–Trinajstić information content (AvgIpc) is 3.32. The van der Waals surface area contributed by atoms with Crippen LogP contribution < -0.4 is 0 Å². The van der Waals surface area contributed by atoms with E-state index in [0.717, 1.165) is 77.8 Å². The molecule has 2 aromatic heterocycles. The highest BCUT2D eigenvalue weighted by molar-refractivity contribution is 6.05. The minimum atomic E-state index is 0.591. The van der Waals surface area contributed by atoms with Crippen LogP contribution in [0, 0.1) is 0 Å². The van der Waals surface area contributed by atoms with E-state index in [1.54, 1.807) is 0 Å². The van der Waals surface area contributed by atoms with Crippen molar-refractivity contribution in [3.05, 3.63) is 224 Å². The van der Waals surface area contributed by atoms with Gasteiger partial charge in [0, 0.05) is 33.4 Å². The minimum absolute atomic E-state index is 0.591. The Labute approximate surface area is 344 Å². The molecule has 0 saturated heterocycles. The van der Waals surface area contributed by atoms with Crippen molar-refractivity contribution < 1.29 is 0 Å². The van der Waals surface area contributed by atoms with Crippen LogP contribution in [0.4, 0.5) is 0 Å². The third kappa shape index (κ3) is 7.91. The van der Waals surface area contributed by atoms with Gasteiger partial charge < -0.3 is 0 Å². The molecule has 2 heterocycles. The average molecular weight is 758 g/mol. The minimum Gasteiger partial charge on any atom is -0.228 e. The largest absolute Gasteiger partial charge is 0.228 e. The van der Waals surface area contributed by atoms with Crippen molar-refractivity contribution >= 4 is 21.9 Å². The van der Waals surface area contributed by atoms with E-state index in [1.165, 1.54) is 0 Å². The predicted molar refractivity (Wildman–Crippen MR) is 244 cm³/mol. The summed E-state index contributed by atoms with van der Waals surface area (Å²) < 4.78 is 0. The van der Waals surface area contributed by atoms with Crippen LogP contribution in [-0.4, -0.2) is 24.9 Å². The van der Waals surface area contributed by atoms with E-state index in [1.807, 2.05) is 116 Å². The van der Waals surface area contributed by atoms with Crippen LogP contribution >= 0.6 is 0 Å². The van der Waals surface area contributed by atoms with Crippen LogP contribution in [-0.2, 0) is 0 Å². The number of hydrogen-bond donors (Lipinski definition) is 0. The Balaban J connectivity index is 1.09. The molecule has 5 heteroatoms. The number of hydrogen-bond acceptors (Lipinski definition) is 5. The standard InChI is InChI=1S/C54H39N5/c1-3-38(51-57-52(42-23-12-6-13-24-42)59-53(58-51)43-25-14-7-15-26-43)34-33-37(2)46-31-17-27-41-28-18-32-47(50(41)46)44-29-16-30-45(35-44)54-55-48(39-19-8-4-9-20-39)36-49(56-54)40-21-10-5-11-22-40/h3-36H,2H2,1H3/b34-33-,38-3+. The highest BCUT2D eigenvalue weighted by Gasteiger charge is 2.16. The van der Waals surface area contributed by atoms with E-state index < -0.39 is 0 Å². The summed E-state index contributed by atoms with van der Waals surface area (Å²) in [6.45, 7) is 6.60. The zero-order valence-electron chi connectivity index (χ0n) is 32.6. The molecule has 280 valence electrons. The van der Waals surface area contributed by atoms with Crippen molar-refractivity contribution in [2.45, 2.75) is 6.92 Å². The highest BCUT2D eigenvalue weighted by atomic mass is 15.0. The molecule has 0 bridgehead atoms. The number of fused-ring (bicyclic) bond motifs is 1. The lowest BCUT2D eigenvalue weighted by Crippen LogP contribution is -2.02. The third-order valence-corrected chi connectivity index (χ3v) is 10.3. The van der Waals surface area contributed by atoms with E-state index in [0.29, 0.717) is 23.3 Å². The van der Waals surface area contributed by atoms with Crippen LogP contribution in [0.25, 0.3) is 89.7 Å². The first-order chi connectivity index (χ1) is 29.1. The maximum absolute atomic E-state index is 5.11. The van der Waals surface area contributed by atoms with E-state index in [-0.39, 0.29) is 0 Å². The SMILES string of the molecule is C=C(/C=C\C(=C/C)c1nc(-c2ccccc2)nc(-c2ccccc2)n1)c1cccc2cccc(-c3cccc(-c4nc(-c5ccccc5)cc(-c5ccccc5)n4)c3)c12. The smallest absolute Gasteiger partial charge is 0.164 e. The van der Waals surface area contributed by atoms with Gasteiger partial charge in [-0.05, 0) is 52.1 Å². The van der Waals surface area contributed by atoms with Gasteiger partial charge in [-0.15, -0.1) is 0 Å². The molecule has 9 rings (SSSR count). The lowest BCUT2D eigenvalue weighted by Gasteiger charge is -2.14. The Hall–Kier alpha value is -7.89. The van der Waals surface area contributed by atoms with Crippen LogP contribution in [0.2, 0.25) is 0 Å². The van der Waals surface area contributed by atoms with Gasteiger partial charge in [0.2, 0.25) is 0 Å². The summed E-state index contributed by atoms with van der Waals surface area (Å²) in [5.41, 5.74) is 11.6. The maximum Gasteiger partial charge on any atom is 0.164 e. The van der Waals surface area contributed by atoms with Crippen molar-refractivity contribution in [2.24, 2.45) is 0 Å². The number of nitrogens with zero attached hydrogens (tertiary/aromatic N) is 5. The number of aromatic nitrogens is 5. The van der Waals surface area contributed by atoms with Gasteiger partial charge in [0.15, 0.2) is 23.3 Å². The topological polar surface area (TPSA) is 64.5 Å². The van der Waals surface area contributed by atoms with E-state index in [9.17, 15) is 0 Å². The molecule has 0 fully saturated rings. The fourth-order valence-electron chi connectivity index (χ4n) is 7.28. The summed E-state index contributed by atoms with van der Waals surface area (Å²) in [6.07, 6.45) is 6.13. The Morgan fingerprint density at radius 1 is 0.424 bits per heavy atom. The number of rotatable bonds is 10. The summed E-state index contributed by atoms with van der Waals surface area (Å²) in [5.74, 6) is 2.50. The van der Waals surface area contributed by atoms with Gasteiger partial charge >= 0.3 is 0 Å². The van der Waals surface area contributed by atoms with Crippen molar-refractivity contribution in [3.63, 3.8) is 0 Å². The fourth-order valence-corrected chi connectivity index (χ4v) is 7.28. The van der Waals surface area contributed by atoms with Crippen LogP contribution in [0.3, 0.4) is 0 Å². The lowest BCUT2D eigenvalue weighted by atomic mass is 9.91. The van der Waals surface area contributed by atoms with Gasteiger partial charge in [0.1, 0.15) is 0 Å². The van der Waals surface area contributed by atoms with Crippen LogP contribution in [0.1, 0.15) is 18.3 Å². The molecule has 0 radical (unpaired) electrons. The predicted octanol–water partition coefficient (Wildman–Crippen LogP) is 13.5. The molecule has 7 aromatic carbocycles. The van der Waals surface area contributed by atoms with Crippen molar-refractivity contribution in [2.75, 3.05) is 0 Å². The monoisotopic (exact) mass is 757 g/mol. The van der Waals surface area contributed by atoms with Gasteiger partial charge in [0.25, 0.3) is 0 Å². The molecule has 0 aliphatic heterocycles. The summed E-state index contributed by atoms with van der Waals surface area (Å²) in [4.78, 5) is 25.0. The molecule has 0 atom stereocenters. The van der Waals surface area contributed by atoms with Gasteiger partial charge in [-0.3, -0.25) is 0 Å². The highest BCUT2D eigenvalue weighted by Crippen LogP contribution is 2.37. The lowest BCUT2D eigenvalue weighted by molar-refractivity contribution is 1.04. The van der Waals surface area contributed by atoms with Crippen molar-refractivity contribution in [3.8, 4) is 67.8 Å². The Kier molecular flexibility index (Phi) is 10.4. The molecule has 0 N–H and O–H groups in total. The van der Waals surface area contributed by atoms with Gasteiger partial charge in [-0.1, -0.05) is 201 Å². The van der Waals surface area contributed by atoms with E-state index in [4.69, 9.17) is 24.9 Å². The molecule has 0 unspecified atom stereocenters. The van der Waals surface area contributed by atoms with Gasteiger partial charge in [-0.25, -0.2) is 24.9 Å². The second-order valence-corrected chi connectivity index (χ2v) is 14.1. The molecule has 0 aliphatic carbocycles. The molecule has 5 nitrogen and oxygen atoms in total. The van der Waals surface area contributed by atoms with Crippen molar-refractivity contribution in [1.82, 2.24) is 24.9 Å². The van der Waals surface area contributed by atoms with Gasteiger partial charge in [0.05, 0.1) is 11.4 Å². The molecule has 0 saturated carbocycles. The molecule has 0 spiro atoms. The fraction of sp³-hybridized carbons (Fsp3) is 0.0185. The first kappa shape index (κ1) is 36.7. The Morgan fingerprint density at radius 2 is 0.898 bits per heavy atom. The summed E-state index contributed by atoms with van der Waals surface area (Å²) in [6, 6.07) is 64.0. The van der Waals surface area contributed by atoms with Crippen LogP contribution in [0.15, 0.2) is 213 Å². The maximum atomic E-state index is 5.11. The van der Waals surface area contributed by atoms with E-state index in [2.05, 4.69) is 104 Å². The quantitative estimate of drug-likeness (QED) is 0.130. The molecular weight excluding hydrogens is 719 g/mol. The molecule has 9 aromatic rings. The van der Waals surface area contributed by atoms with Crippen molar-refractivity contribution in [1.29, 1.82) is 0 Å². The molecule has 59 heavy (non-hydrogen) atoms. The normalized spacial score (nSPS) is 11.6.